The SMILES string of the molecule is COC(C(=O)NN=Cc1ccc(OCc2ccc(Cl)cc2Cl)cc1)c1ccccc1. The Kier molecular flexibility index (Phi) is 7.85. The normalized spacial score (nSPS) is 12.0. The largest absolute Gasteiger partial charge is 0.489 e. The number of carbonyl (C=O) groups is 1. The zero-order valence-electron chi connectivity index (χ0n) is 16.2. The van der Waals surface area contributed by atoms with Gasteiger partial charge in [-0.1, -0.05) is 59.6 Å². The van der Waals surface area contributed by atoms with Gasteiger partial charge in [0.1, 0.15) is 12.4 Å². The summed E-state index contributed by atoms with van der Waals surface area (Å²) in [6.07, 6.45) is 0.828. The maximum Gasteiger partial charge on any atom is 0.273 e. The molecule has 3 rings (SSSR count). The van der Waals surface area contributed by atoms with Gasteiger partial charge in [0.15, 0.2) is 6.10 Å². The number of halogens is 2. The van der Waals surface area contributed by atoms with E-state index in [1.165, 1.54) is 7.11 Å². The zero-order chi connectivity index (χ0) is 21.3. The molecular weight excluding hydrogens is 423 g/mol. The molecule has 0 fully saturated rings. The summed E-state index contributed by atoms with van der Waals surface area (Å²) in [6, 6.07) is 21.8. The molecule has 0 bridgehead atoms. The number of benzene rings is 3. The number of carbonyl (C=O) groups excluding carboxylic acids is 1. The first-order valence-electron chi connectivity index (χ1n) is 9.14. The Morgan fingerprint density at radius 1 is 1.07 bits per heavy atom. The maximum absolute atomic E-state index is 12.3. The fourth-order valence-corrected chi connectivity index (χ4v) is 3.16. The highest BCUT2D eigenvalue weighted by atomic mass is 35.5. The van der Waals surface area contributed by atoms with Crippen LogP contribution < -0.4 is 10.2 Å². The minimum Gasteiger partial charge on any atom is -0.489 e. The van der Waals surface area contributed by atoms with Crippen LogP contribution in [0, 0.1) is 0 Å². The number of amides is 1. The number of nitrogens with zero attached hydrogens (tertiary/aromatic N) is 1. The van der Waals surface area contributed by atoms with Crippen molar-refractivity contribution in [2.24, 2.45) is 5.10 Å². The number of methoxy groups -OCH3 is 1. The summed E-state index contributed by atoms with van der Waals surface area (Å²) in [4.78, 5) is 12.3. The Hall–Kier alpha value is -2.86. The molecule has 30 heavy (non-hydrogen) atoms. The molecule has 0 saturated carbocycles. The van der Waals surface area contributed by atoms with Crippen LogP contribution in [-0.4, -0.2) is 19.2 Å². The van der Waals surface area contributed by atoms with Gasteiger partial charge in [0.2, 0.25) is 0 Å². The average molecular weight is 443 g/mol. The molecule has 154 valence electrons. The molecular formula is C23H20Cl2N2O3. The minimum absolute atomic E-state index is 0.331. The molecule has 0 aliphatic heterocycles. The van der Waals surface area contributed by atoms with Crippen LogP contribution in [0.3, 0.4) is 0 Å². The third-order valence-electron chi connectivity index (χ3n) is 4.25. The van der Waals surface area contributed by atoms with Crippen molar-refractivity contribution in [1.29, 1.82) is 0 Å². The van der Waals surface area contributed by atoms with Crippen LogP contribution in [0.4, 0.5) is 0 Å². The molecule has 1 N–H and O–H groups in total. The summed E-state index contributed by atoms with van der Waals surface area (Å²) in [5.74, 6) is 0.338. The van der Waals surface area contributed by atoms with Gasteiger partial charge in [0, 0.05) is 22.7 Å². The fourth-order valence-electron chi connectivity index (χ4n) is 2.70. The van der Waals surface area contributed by atoms with Crippen LogP contribution in [0.5, 0.6) is 5.75 Å². The predicted octanol–water partition coefficient (Wildman–Crippen LogP) is 5.41. The third kappa shape index (κ3) is 6.07. The van der Waals surface area contributed by atoms with Crippen molar-refractivity contribution in [2.75, 3.05) is 7.11 Å². The van der Waals surface area contributed by atoms with Gasteiger partial charge < -0.3 is 9.47 Å². The van der Waals surface area contributed by atoms with E-state index >= 15 is 0 Å². The van der Waals surface area contributed by atoms with E-state index in [0.717, 1.165) is 16.7 Å². The topological polar surface area (TPSA) is 59.9 Å². The van der Waals surface area contributed by atoms with Crippen LogP contribution in [0.25, 0.3) is 0 Å². The number of hydrazone groups is 1. The summed E-state index contributed by atoms with van der Waals surface area (Å²) in [5, 5.41) is 5.15. The van der Waals surface area contributed by atoms with E-state index in [1.807, 2.05) is 60.7 Å². The molecule has 0 aliphatic rings. The van der Waals surface area contributed by atoms with Gasteiger partial charge in [-0.2, -0.15) is 5.10 Å². The summed E-state index contributed by atoms with van der Waals surface area (Å²) in [5.41, 5.74) is 4.91. The summed E-state index contributed by atoms with van der Waals surface area (Å²) < 4.78 is 11.0. The van der Waals surface area contributed by atoms with Gasteiger partial charge in [-0.05, 0) is 47.5 Å². The van der Waals surface area contributed by atoms with E-state index < -0.39 is 6.10 Å². The maximum atomic E-state index is 12.3. The second kappa shape index (κ2) is 10.8. The van der Waals surface area contributed by atoms with Crippen molar-refractivity contribution in [3.8, 4) is 5.75 Å². The second-order valence-electron chi connectivity index (χ2n) is 6.35. The lowest BCUT2D eigenvalue weighted by molar-refractivity contribution is -0.131. The summed E-state index contributed by atoms with van der Waals surface area (Å²) in [7, 11) is 1.48. The Morgan fingerprint density at radius 3 is 2.47 bits per heavy atom. The number of ether oxygens (including phenoxy) is 2. The van der Waals surface area contributed by atoms with Crippen LogP contribution in [0.15, 0.2) is 77.9 Å². The molecule has 7 heteroatoms. The molecule has 0 aromatic heterocycles. The van der Waals surface area contributed by atoms with E-state index in [0.29, 0.717) is 22.4 Å². The van der Waals surface area contributed by atoms with E-state index in [-0.39, 0.29) is 5.91 Å². The molecule has 0 aliphatic carbocycles. The predicted molar refractivity (Wildman–Crippen MR) is 119 cm³/mol. The molecule has 0 saturated heterocycles. The van der Waals surface area contributed by atoms with Crippen molar-refractivity contribution in [3.63, 3.8) is 0 Å². The first-order valence-corrected chi connectivity index (χ1v) is 9.90. The van der Waals surface area contributed by atoms with Crippen LogP contribution in [0.2, 0.25) is 10.0 Å². The number of rotatable bonds is 8. The minimum atomic E-state index is -0.723. The molecule has 0 radical (unpaired) electrons. The lowest BCUT2D eigenvalue weighted by atomic mass is 10.1. The van der Waals surface area contributed by atoms with Crippen molar-refractivity contribution in [1.82, 2.24) is 5.43 Å². The molecule has 0 heterocycles. The standard InChI is InChI=1S/C23H20Cl2N2O3/c1-29-22(17-5-3-2-4-6-17)23(28)27-26-14-16-7-11-20(12-8-16)30-15-18-9-10-19(24)13-21(18)25/h2-14,22H,15H2,1H3,(H,27,28). The smallest absolute Gasteiger partial charge is 0.273 e. The molecule has 3 aromatic carbocycles. The molecule has 1 atom stereocenters. The molecule has 5 nitrogen and oxygen atoms in total. The lowest BCUT2D eigenvalue weighted by Gasteiger charge is -2.13. The molecule has 0 spiro atoms. The van der Waals surface area contributed by atoms with Gasteiger partial charge in [-0.15, -0.1) is 0 Å². The Morgan fingerprint density at radius 2 is 1.80 bits per heavy atom. The van der Waals surface area contributed by atoms with Crippen molar-refractivity contribution >= 4 is 35.3 Å². The summed E-state index contributed by atoms with van der Waals surface area (Å²) in [6.45, 7) is 0.331. The highest BCUT2D eigenvalue weighted by Gasteiger charge is 2.19. The van der Waals surface area contributed by atoms with Gasteiger partial charge in [0.25, 0.3) is 5.91 Å². The zero-order valence-corrected chi connectivity index (χ0v) is 17.7. The van der Waals surface area contributed by atoms with Crippen molar-refractivity contribution in [2.45, 2.75) is 12.7 Å². The van der Waals surface area contributed by atoms with Crippen LogP contribution >= 0.6 is 23.2 Å². The Balaban J connectivity index is 1.53. The first kappa shape index (κ1) is 21.8. The molecule has 3 aromatic rings. The number of hydrogen-bond acceptors (Lipinski definition) is 4. The fraction of sp³-hybridized carbons (Fsp3) is 0.130. The Labute approximate surface area is 185 Å². The quantitative estimate of drug-likeness (QED) is 0.374. The van der Waals surface area contributed by atoms with Gasteiger partial charge >= 0.3 is 0 Å². The van der Waals surface area contributed by atoms with Crippen molar-refractivity contribution < 1.29 is 14.3 Å². The highest BCUT2D eigenvalue weighted by molar-refractivity contribution is 6.35. The second-order valence-corrected chi connectivity index (χ2v) is 7.20. The van der Waals surface area contributed by atoms with Gasteiger partial charge in [-0.25, -0.2) is 5.43 Å². The van der Waals surface area contributed by atoms with Crippen LogP contribution in [0.1, 0.15) is 22.8 Å². The van der Waals surface area contributed by atoms with E-state index in [1.54, 1.807) is 18.3 Å². The average Bonchev–Trinajstić information content (AvgIpc) is 2.75. The Bertz CT molecular complexity index is 1010. The summed E-state index contributed by atoms with van der Waals surface area (Å²) >= 11 is 12.0. The monoisotopic (exact) mass is 442 g/mol. The third-order valence-corrected chi connectivity index (χ3v) is 4.84. The highest BCUT2D eigenvalue weighted by Crippen LogP contribution is 2.23. The lowest BCUT2D eigenvalue weighted by Crippen LogP contribution is -2.26. The van der Waals surface area contributed by atoms with E-state index in [9.17, 15) is 4.79 Å². The molecule has 1 unspecified atom stereocenters. The van der Waals surface area contributed by atoms with Gasteiger partial charge in [-0.3, -0.25) is 4.79 Å². The van der Waals surface area contributed by atoms with E-state index in [4.69, 9.17) is 32.7 Å². The number of nitrogens with one attached hydrogen (secondary N) is 1. The molecule has 1 amide bonds. The first-order chi connectivity index (χ1) is 14.6. The van der Waals surface area contributed by atoms with E-state index in [2.05, 4.69) is 10.5 Å². The van der Waals surface area contributed by atoms with Crippen LogP contribution in [-0.2, 0) is 16.1 Å². The number of hydrogen-bond donors (Lipinski definition) is 1. The van der Waals surface area contributed by atoms with Gasteiger partial charge in [0.05, 0.1) is 6.21 Å². The van der Waals surface area contributed by atoms with Crippen molar-refractivity contribution in [3.05, 3.63) is 99.5 Å².